The molecule has 110 valence electrons. The maximum absolute atomic E-state index is 13.6. The first-order chi connectivity index (χ1) is 10.0. The van der Waals surface area contributed by atoms with Gasteiger partial charge in [0.25, 0.3) is 0 Å². The summed E-state index contributed by atoms with van der Waals surface area (Å²) in [5, 5.41) is 13.9. The van der Waals surface area contributed by atoms with Gasteiger partial charge in [-0.2, -0.15) is 4.39 Å². The van der Waals surface area contributed by atoms with Crippen LogP contribution in [0.1, 0.15) is 5.56 Å². The van der Waals surface area contributed by atoms with Crippen molar-refractivity contribution in [1.82, 2.24) is 5.32 Å². The second-order valence-corrected chi connectivity index (χ2v) is 4.64. The molecule has 1 N–H and O–H groups in total. The molecule has 0 saturated heterocycles. The Hall–Kier alpha value is -2.18. The summed E-state index contributed by atoms with van der Waals surface area (Å²) in [7, 11) is 1.77. The van der Waals surface area contributed by atoms with Crippen molar-refractivity contribution in [3.63, 3.8) is 0 Å². The molecule has 7 heteroatoms. The fourth-order valence-electron chi connectivity index (χ4n) is 1.81. The van der Waals surface area contributed by atoms with Crippen LogP contribution in [-0.4, -0.2) is 12.0 Å². The lowest BCUT2D eigenvalue weighted by atomic mass is 10.2. The number of halogens is 2. The topological polar surface area (TPSA) is 64.4 Å². The third kappa shape index (κ3) is 3.48. The first kappa shape index (κ1) is 15.2. The van der Waals surface area contributed by atoms with Gasteiger partial charge in [-0.05, 0) is 19.2 Å². The first-order valence-electron chi connectivity index (χ1n) is 6.06. The number of ether oxygens (including phenoxy) is 1. The zero-order valence-electron chi connectivity index (χ0n) is 11.1. The van der Waals surface area contributed by atoms with Crippen LogP contribution < -0.4 is 10.1 Å². The van der Waals surface area contributed by atoms with Crippen LogP contribution in [0, 0.1) is 15.9 Å². The zero-order valence-corrected chi connectivity index (χ0v) is 11.9. The molecule has 5 nitrogen and oxygen atoms in total. The minimum Gasteiger partial charge on any atom is -0.455 e. The number of hydrogen-bond donors (Lipinski definition) is 1. The number of nitro groups is 1. The molecule has 0 radical (unpaired) electrons. The Morgan fingerprint density at radius 3 is 2.76 bits per heavy atom. The summed E-state index contributed by atoms with van der Waals surface area (Å²) in [6.07, 6.45) is 0. The second-order valence-electron chi connectivity index (χ2n) is 4.23. The smallest absolute Gasteiger partial charge is 0.305 e. The maximum atomic E-state index is 13.6. The Balaban J connectivity index is 2.34. The van der Waals surface area contributed by atoms with Gasteiger partial charge in [0.2, 0.25) is 5.82 Å². The standard InChI is InChI=1S/C14H12ClFN2O3/c1-17-8-9-3-2-4-11(15)14(9)21-10-5-6-13(18(19)20)12(16)7-10/h2-7,17H,8H2,1H3. The molecule has 2 aromatic carbocycles. The summed E-state index contributed by atoms with van der Waals surface area (Å²) in [5.41, 5.74) is 0.195. The van der Waals surface area contributed by atoms with Gasteiger partial charge < -0.3 is 10.1 Å². The van der Waals surface area contributed by atoms with Gasteiger partial charge in [0, 0.05) is 24.2 Å². The fraction of sp³-hybridized carbons (Fsp3) is 0.143. The summed E-state index contributed by atoms with van der Waals surface area (Å²) in [6, 6.07) is 8.59. The third-order valence-corrected chi connectivity index (χ3v) is 3.05. The number of rotatable bonds is 5. The predicted octanol–water partition coefficient (Wildman–Crippen LogP) is 3.90. The van der Waals surface area contributed by atoms with Gasteiger partial charge in [0.15, 0.2) is 0 Å². The molecule has 0 saturated carbocycles. The van der Waals surface area contributed by atoms with Crippen LogP contribution in [0.2, 0.25) is 5.02 Å². The average Bonchev–Trinajstić information content (AvgIpc) is 2.42. The molecule has 21 heavy (non-hydrogen) atoms. The molecule has 0 amide bonds. The van der Waals surface area contributed by atoms with Crippen LogP contribution in [0.3, 0.4) is 0 Å². The molecule has 2 rings (SSSR count). The molecular weight excluding hydrogens is 299 g/mol. The van der Waals surface area contributed by atoms with E-state index in [0.717, 1.165) is 17.7 Å². The summed E-state index contributed by atoms with van der Waals surface area (Å²) in [6.45, 7) is 0.519. The predicted molar refractivity (Wildman–Crippen MR) is 77.3 cm³/mol. The molecule has 2 aromatic rings. The van der Waals surface area contributed by atoms with E-state index >= 15 is 0 Å². The van der Waals surface area contributed by atoms with Gasteiger partial charge in [-0.15, -0.1) is 0 Å². The normalized spacial score (nSPS) is 10.4. The summed E-state index contributed by atoms with van der Waals surface area (Å²) in [5.74, 6) is -0.426. The van der Waals surface area contributed by atoms with E-state index in [1.54, 1.807) is 19.2 Å². The van der Waals surface area contributed by atoms with Crippen molar-refractivity contribution in [2.24, 2.45) is 0 Å². The maximum Gasteiger partial charge on any atom is 0.305 e. The van der Waals surface area contributed by atoms with Gasteiger partial charge in [-0.1, -0.05) is 23.7 Å². The molecule has 0 unspecified atom stereocenters. The Morgan fingerprint density at radius 1 is 1.38 bits per heavy atom. The van der Waals surface area contributed by atoms with Crippen molar-refractivity contribution in [3.05, 3.63) is 62.9 Å². The van der Waals surface area contributed by atoms with E-state index in [0.29, 0.717) is 17.3 Å². The number of para-hydroxylation sites is 1. The molecule has 0 fully saturated rings. The van der Waals surface area contributed by atoms with Crippen molar-refractivity contribution in [1.29, 1.82) is 0 Å². The zero-order chi connectivity index (χ0) is 15.4. The van der Waals surface area contributed by atoms with E-state index in [1.165, 1.54) is 6.07 Å². The molecule has 0 aliphatic carbocycles. The lowest BCUT2D eigenvalue weighted by Crippen LogP contribution is -2.06. The van der Waals surface area contributed by atoms with Gasteiger partial charge in [0.05, 0.1) is 9.95 Å². The molecule has 0 spiro atoms. The van der Waals surface area contributed by atoms with E-state index in [4.69, 9.17) is 16.3 Å². The minimum absolute atomic E-state index is 0.142. The highest BCUT2D eigenvalue weighted by Crippen LogP contribution is 2.34. The van der Waals surface area contributed by atoms with Gasteiger partial charge in [0.1, 0.15) is 11.5 Å². The van der Waals surface area contributed by atoms with E-state index < -0.39 is 16.4 Å². The van der Waals surface area contributed by atoms with Gasteiger partial charge >= 0.3 is 5.69 Å². The quantitative estimate of drug-likeness (QED) is 0.672. The first-order valence-corrected chi connectivity index (χ1v) is 6.44. The van der Waals surface area contributed by atoms with E-state index in [1.807, 2.05) is 6.07 Å². The lowest BCUT2D eigenvalue weighted by Gasteiger charge is -2.12. The Labute approximate surface area is 125 Å². The average molecular weight is 311 g/mol. The van der Waals surface area contributed by atoms with Crippen molar-refractivity contribution in [3.8, 4) is 11.5 Å². The van der Waals surface area contributed by atoms with Crippen LogP contribution in [0.15, 0.2) is 36.4 Å². The van der Waals surface area contributed by atoms with E-state index in [9.17, 15) is 14.5 Å². The van der Waals surface area contributed by atoms with Crippen LogP contribution in [0.4, 0.5) is 10.1 Å². The largest absolute Gasteiger partial charge is 0.455 e. The fourth-order valence-corrected chi connectivity index (χ4v) is 2.05. The van der Waals surface area contributed by atoms with Gasteiger partial charge in [-0.3, -0.25) is 10.1 Å². The minimum atomic E-state index is -0.959. The van der Waals surface area contributed by atoms with Crippen molar-refractivity contribution in [2.75, 3.05) is 7.05 Å². The van der Waals surface area contributed by atoms with Gasteiger partial charge in [-0.25, -0.2) is 0 Å². The number of benzene rings is 2. The highest BCUT2D eigenvalue weighted by atomic mass is 35.5. The number of nitrogens with zero attached hydrogens (tertiary/aromatic N) is 1. The molecule has 0 aliphatic heterocycles. The highest BCUT2D eigenvalue weighted by Gasteiger charge is 2.16. The Bertz CT molecular complexity index is 679. The molecule has 0 bridgehead atoms. The number of nitro benzene ring substituents is 1. The Kier molecular flexibility index (Phi) is 4.72. The van der Waals surface area contributed by atoms with Crippen molar-refractivity contribution in [2.45, 2.75) is 6.54 Å². The molecule has 0 aliphatic rings. The third-order valence-electron chi connectivity index (χ3n) is 2.75. The van der Waals surface area contributed by atoms with E-state index in [-0.39, 0.29) is 5.75 Å². The van der Waals surface area contributed by atoms with Crippen LogP contribution in [-0.2, 0) is 6.54 Å². The van der Waals surface area contributed by atoms with Crippen LogP contribution in [0.25, 0.3) is 0 Å². The van der Waals surface area contributed by atoms with E-state index in [2.05, 4.69) is 5.32 Å². The summed E-state index contributed by atoms with van der Waals surface area (Å²) >= 11 is 6.08. The Morgan fingerprint density at radius 2 is 2.14 bits per heavy atom. The molecule has 0 atom stereocenters. The summed E-state index contributed by atoms with van der Waals surface area (Å²) in [4.78, 5) is 9.79. The number of nitrogens with one attached hydrogen (secondary N) is 1. The monoisotopic (exact) mass is 310 g/mol. The second kappa shape index (κ2) is 6.51. The van der Waals surface area contributed by atoms with Crippen molar-refractivity contribution >= 4 is 17.3 Å². The number of hydrogen-bond acceptors (Lipinski definition) is 4. The van der Waals surface area contributed by atoms with Crippen LogP contribution in [0.5, 0.6) is 11.5 Å². The summed E-state index contributed by atoms with van der Waals surface area (Å²) < 4.78 is 19.2. The SMILES string of the molecule is CNCc1cccc(Cl)c1Oc1ccc([N+](=O)[O-])c(F)c1. The molecule has 0 heterocycles. The molecular formula is C14H12ClFN2O3. The highest BCUT2D eigenvalue weighted by molar-refractivity contribution is 6.32. The molecule has 0 aromatic heterocycles. The van der Waals surface area contributed by atoms with Crippen LogP contribution >= 0.6 is 11.6 Å². The van der Waals surface area contributed by atoms with Crippen molar-refractivity contribution < 1.29 is 14.1 Å². The lowest BCUT2D eigenvalue weighted by molar-refractivity contribution is -0.387.